The van der Waals surface area contributed by atoms with E-state index in [0.717, 1.165) is 38.9 Å². The topological polar surface area (TPSA) is 95.9 Å². The standard InChI is InChI=1S/C33H34ClFN6O3/c34-22-5-1-4-18-14-20(42)15-21(25(18)22)28-27(35)29-26-30(41-16-19-6-7-23(36-19)24(41)17-44-31(26)37-28)39-32(38-29)43-13-10-33-8-2-11-40(33)12-3-9-33/h1,4-5,14-15,19,23-24,36,42H,2-3,6-13,16-17H2. The molecular weight excluding hydrogens is 583 g/mol. The van der Waals surface area contributed by atoms with E-state index < -0.39 is 5.82 Å². The van der Waals surface area contributed by atoms with Crippen LogP contribution in [0.2, 0.25) is 5.02 Å². The molecule has 7 heterocycles. The molecule has 0 amide bonds. The van der Waals surface area contributed by atoms with E-state index in [0.29, 0.717) is 51.8 Å². The van der Waals surface area contributed by atoms with Gasteiger partial charge < -0.3 is 24.8 Å². The number of aromatic nitrogens is 3. The number of nitrogens with one attached hydrogen (secondary N) is 1. The van der Waals surface area contributed by atoms with E-state index in [1.165, 1.54) is 31.7 Å². The lowest BCUT2D eigenvalue weighted by Crippen LogP contribution is -2.60. The van der Waals surface area contributed by atoms with Crippen LogP contribution in [0.3, 0.4) is 0 Å². The van der Waals surface area contributed by atoms with Gasteiger partial charge >= 0.3 is 6.01 Å². The van der Waals surface area contributed by atoms with Gasteiger partial charge in [0.25, 0.3) is 0 Å². The van der Waals surface area contributed by atoms with Gasteiger partial charge in [-0.25, -0.2) is 9.37 Å². The smallest absolute Gasteiger partial charge is 0.319 e. The molecule has 4 fully saturated rings. The molecule has 2 bridgehead atoms. The van der Waals surface area contributed by atoms with Crippen molar-refractivity contribution in [3.63, 3.8) is 0 Å². The van der Waals surface area contributed by atoms with Crippen molar-refractivity contribution in [3.05, 3.63) is 41.2 Å². The second kappa shape index (κ2) is 10.0. The predicted octanol–water partition coefficient (Wildman–Crippen LogP) is 5.44. The molecule has 3 atom stereocenters. The van der Waals surface area contributed by atoms with Crippen LogP contribution in [-0.4, -0.2) is 81.5 Å². The van der Waals surface area contributed by atoms with Crippen molar-refractivity contribution in [1.29, 1.82) is 0 Å². The number of benzene rings is 2. The number of nitrogens with zero attached hydrogens (tertiary/aromatic N) is 5. The molecule has 44 heavy (non-hydrogen) atoms. The number of hydrogen-bond donors (Lipinski definition) is 2. The maximum atomic E-state index is 16.9. The molecule has 3 unspecified atom stereocenters. The molecule has 4 saturated heterocycles. The highest BCUT2D eigenvalue weighted by Crippen LogP contribution is 2.45. The predicted molar refractivity (Wildman–Crippen MR) is 166 cm³/mol. The van der Waals surface area contributed by atoms with Crippen LogP contribution in [0, 0.1) is 5.82 Å². The molecule has 5 aliphatic heterocycles. The summed E-state index contributed by atoms with van der Waals surface area (Å²) < 4.78 is 29.6. The van der Waals surface area contributed by atoms with Gasteiger partial charge in [-0.1, -0.05) is 23.7 Å². The molecule has 0 spiro atoms. The van der Waals surface area contributed by atoms with Gasteiger partial charge in [-0.05, 0) is 81.6 Å². The number of aromatic hydroxyl groups is 1. The van der Waals surface area contributed by atoms with Crippen molar-refractivity contribution in [3.8, 4) is 28.9 Å². The zero-order valence-electron chi connectivity index (χ0n) is 24.4. The second-order valence-electron chi connectivity index (χ2n) is 13.1. The van der Waals surface area contributed by atoms with Gasteiger partial charge in [0.15, 0.2) is 5.82 Å². The number of pyridine rings is 1. The molecule has 2 N–H and O–H groups in total. The Hall–Kier alpha value is -3.47. The number of rotatable bonds is 5. The third-order valence-corrected chi connectivity index (χ3v) is 11.0. The molecule has 9 nitrogen and oxygen atoms in total. The molecule has 2 aromatic heterocycles. The first-order valence-electron chi connectivity index (χ1n) is 15.8. The summed E-state index contributed by atoms with van der Waals surface area (Å²) in [6.45, 7) is 3.89. The van der Waals surface area contributed by atoms with Gasteiger partial charge in [-0.3, -0.25) is 4.90 Å². The Morgan fingerprint density at radius 1 is 1.11 bits per heavy atom. The quantitative estimate of drug-likeness (QED) is 0.304. The first-order chi connectivity index (χ1) is 21.5. The molecule has 228 valence electrons. The highest BCUT2D eigenvalue weighted by atomic mass is 35.5. The molecule has 0 aliphatic carbocycles. The van der Waals surface area contributed by atoms with Gasteiger partial charge in [-0.2, -0.15) is 9.97 Å². The Balaban J connectivity index is 1.19. The summed E-state index contributed by atoms with van der Waals surface area (Å²) in [5, 5.41) is 16.5. The van der Waals surface area contributed by atoms with Crippen molar-refractivity contribution in [1.82, 2.24) is 25.2 Å². The molecule has 9 rings (SSSR count). The van der Waals surface area contributed by atoms with Crippen LogP contribution < -0.4 is 19.7 Å². The first kappa shape index (κ1) is 26.9. The zero-order chi connectivity index (χ0) is 29.6. The Bertz CT molecular complexity index is 1810. The summed E-state index contributed by atoms with van der Waals surface area (Å²) in [6.07, 6.45) is 7.85. The molecule has 11 heteroatoms. The number of piperazine rings is 1. The maximum absolute atomic E-state index is 16.9. The Morgan fingerprint density at radius 3 is 2.84 bits per heavy atom. The number of ether oxygens (including phenoxy) is 2. The van der Waals surface area contributed by atoms with Gasteiger partial charge in [0.05, 0.1) is 12.6 Å². The first-order valence-corrected chi connectivity index (χ1v) is 16.2. The second-order valence-corrected chi connectivity index (χ2v) is 13.5. The third kappa shape index (κ3) is 4.07. The van der Waals surface area contributed by atoms with Crippen molar-refractivity contribution in [2.45, 2.75) is 68.6 Å². The number of anilines is 1. The summed E-state index contributed by atoms with van der Waals surface area (Å²) in [7, 11) is 0. The molecule has 5 aliphatic rings. The molecule has 2 aromatic carbocycles. The van der Waals surface area contributed by atoms with Crippen molar-refractivity contribution < 1.29 is 19.0 Å². The summed E-state index contributed by atoms with van der Waals surface area (Å²) in [6, 6.07) is 9.23. The number of phenols is 1. The Morgan fingerprint density at radius 2 is 1.98 bits per heavy atom. The lowest BCUT2D eigenvalue weighted by molar-refractivity contribution is 0.146. The Labute approximate surface area is 259 Å². The molecule has 0 radical (unpaired) electrons. The Kier molecular flexibility index (Phi) is 6.12. The number of hydrogen-bond acceptors (Lipinski definition) is 9. The average molecular weight is 617 g/mol. The lowest BCUT2D eigenvalue weighted by atomic mass is 9.91. The summed E-state index contributed by atoms with van der Waals surface area (Å²) in [4.78, 5) is 19.2. The fourth-order valence-electron chi connectivity index (χ4n) is 8.68. The number of phenolic OH excluding ortho intramolecular Hbond substituents is 1. The van der Waals surface area contributed by atoms with E-state index in [1.807, 2.05) is 6.07 Å². The van der Waals surface area contributed by atoms with Gasteiger partial charge in [-0.15, -0.1) is 0 Å². The van der Waals surface area contributed by atoms with Crippen LogP contribution in [0.25, 0.3) is 32.9 Å². The normalized spacial score (nSPS) is 25.2. The van der Waals surface area contributed by atoms with E-state index in [4.69, 9.17) is 31.0 Å². The van der Waals surface area contributed by atoms with E-state index in [2.05, 4.69) is 20.1 Å². The minimum atomic E-state index is -0.624. The highest BCUT2D eigenvalue weighted by molar-refractivity contribution is 6.36. The molecule has 0 saturated carbocycles. The van der Waals surface area contributed by atoms with Crippen LogP contribution in [-0.2, 0) is 0 Å². The fraction of sp³-hybridized carbons (Fsp3) is 0.485. The van der Waals surface area contributed by atoms with Crippen LogP contribution in [0.4, 0.5) is 10.2 Å². The van der Waals surface area contributed by atoms with Crippen molar-refractivity contribution in [2.24, 2.45) is 0 Å². The van der Waals surface area contributed by atoms with Crippen LogP contribution in [0.15, 0.2) is 30.3 Å². The minimum Gasteiger partial charge on any atom is -0.508 e. The maximum Gasteiger partial charge on any atom is 0.319 e. The SMILES string of the molecule is Oc1cc(-c2nc3c4c(nc(OCCC56CCCN5CCC6)nc4c2F)N2CC4CCC(N4)C2CO3)c2c(Cl)cccc2c1. The van der Waals surface area contributed by atoms with Crippen LogP contribution in [0.1, 0.15) is 44.9 Å². The van der Waals surface area contributed by atoms with E-state index in [-0.39, 0.29) is 46.5 Å². The summed E-state index contributed by atoms with van der Waals surface area (Å²) in [5.41, 5.74) is 0.686. The van der Waals surface area contributed by atoms with E-state index in [1.54, 1.807) is 18.2 Å². The largest absolute Gasteiger partial charge is 0.508 e. The average Bonchev–Trinajstić information content (AvgIpc) is 3.68. The van der Waals surface area contributed by atoms with Gasteiger partial charge in [0.2, 0.25) is 5.88 Å². The highest BCUT2D eigenvalue weighted by Gasteiger charge is 2.45. The van der Waals surface area contributed by atoms with Crippen molar-refractivity contribution in [2.75, 3.05) is 37.7 Å². The number of halogens is 2. The molecule has 4 aromatic rings. The third-order valence-electron chi connectivity index (χ3n) is 10.7. The summed E-state index contributed by atoms with van der Waals surface area (Å²) >= 11 is 6.64. The van der Waals surface area contributed by atoms with Crippen molar-refractivity contribution >= 4 is 39.1 Å². The van der Waals surface area contributed by atoms with Crippen LogP contribution >= 0.6 is 11.6 Å². The van der Waals surface area contributed by atoms with Gasteiger partial charge in [0, 0.05) is 40.1 Å². The zero-order valence-corrected chi connectivity index (χ0v) is 25.1. The molecular formula is C33H34ClFN6O3. The lowest BCUT2D eigenvalue weighted by Gasteiger charge is -2.40. The summed E-state index contributed by atoms with van der Waals surface area (Å²) in [5.74, 6) is 0.250. The van der Waals surface area contributed by atoms with E-state index in [9.17, 15) is 5.11 Å². The minimum absolute atomic E-state index is 0.0123. The van der Waals surface area contributed by atoms with Gasteiger partial charge in [0.1, 0.15) is 34.8 Å². The van der Waals surface area contributed by atoms with Crippen LogP contribution in [0.5, 0.6) is 17.6 Å². The monoisotopic (exact) mass is 616 g/mol. The fourth-order valence-corrected chi connectivity index (χ4v) is 8.96. The number of fused-ring (bicyclic) bond motifs is 7. The van der Waals surface area contributed by atoms with E-state index >= 15 is 4.39 Å².